The number of hydrogen-bond donors (Lipinski definition) is 2. The Balaban J connectivity index is 2.84. The number of alkyl halides is 3. The van der Waals surface area contributed by atoms with Gasteiger partial charge >= 0.3 is 6.18 Å². The van der Waals surface area contributed by atoms with E-state index in [0.717, 1.165) is 19.4 Å². The molecule has 0 atom stereocenters. The Hall–Kier alpha value is -1.46. The number of hydrazine groups is 1. The molecular formula is C8H12F3N5O2S. The fourth-order valence-corrected chi connectivity index (χ4v) is 2.17. The number of nitrogen functional groups attached to an aromatic ring is 1. The molecule has 0 radical (unpaired) electrons. The highest BCUT2D eigenvalue weighted by molar-refractivity contribution is 7.89. The second kappa shape index (κ2) is 5.67. The maximum Gasteiger partial charge on any atom is 0.390 e. The monoisotopic (exact) mass is 299 g/mol. The third kappa shape index (κ3) is 4.29. The second-order valence-corrected chi connectivity index (χ2v) is 5.62. The van der Waals surface area contributed by atoms with E-state index in [1.54, 1.807) is 0 Å². The minimum Gasteiger partial charge on any atom is -0.292 e. The van der Waals surface area contributed by atoms with E-state index in [9.17, 15) is 21.6 Å². The van der Waals surface area contributed by atoms with Crippen LogP contribution in [0.5, 0.6) is 0 Å². The Kier molecular flexibility index (Phi) is 4.66. The van der Waals surface area contributed by atoms with Crippen LogP contribution in [-0.2, 0) is 10.0 Å². The van der Waals surface area contributed by atoms with Gasteiger partial charge in [-0.2, -0.15) is 13.2 Å². The molecule has 0 saturated heterocycles. The van der Waals surface area contributed by atoms with Crippen molar-refractivity contribution in [1.82, 2.24) is 14.3 Å². The topological polar surface area (TPSA) is 101 Å². The Morgan fingerprint density at radius 1 is 1.37 bits per heavy atom. The van der Waals surface area contributed by atoms with Crippen molar-refractivity contribution in [2.24, 2.45) is 5.84 Å². The quantitative estimate of drug-likeness (QED) is 0.600. The van der Waals surface area contributed by atoms with E-state index in [1.165, 1.54) is 0 Å². The number of aromatic nitrogens is 2. The number of hydrogen-bond acceptors (Lipinski definition) is 6. The predicted octanol–water partition coefficient (Wildman–Crippen LogP) is 0.335. The van der Waals surface area contributed by atoms with Crippen molar-refractivity contribution in [1.29, 1.82) is 0 Å². The van der Waals surface area contributed by atoms with Crippen molar-refractivity contribution < 1.29 is 21.6 Å². The molecule has 3 N–H and O–H groups in total. The van der Waals surface area contributed by atoms with Gasteiger partial charge in [-0.25, -0.2) is 28.5 Å². The van der Waals surface area contributed by atoms with Crippen LogP contribution < -0.4 is 11.3 Å². The van der Waals surface area contributed by atoms with Crippen LogP contribution in [0.1, 0.15) is 6.42 Å². The first-order valence-corrected chi connectivity index (χ1v) is 6.42. The van der Waals surface area contributed by atoms with Gasteiger partial charge in [-0.15, -0.1) is 0 Å². The van der Waals surface area contributed by atoms with Crippen LogP contribution >= 0.6 is 0 Å². The van der Waals surface area contributed by atoms with Gasteiger partial charge in [0.2, 0.25) is 16.0 Å². The van der Waals surface area contributed by atoms with Gasteiger partial charge in [-0.1, -0.05) is 0 Å². The van der Waals surface area contributed by atoms with Gasteiger partial charge in [-0.05, 0) is 0 Å². The standard InChI is InChI=1S/C8H12F3N5O2S/c1-16(3-2-8(9,10)11)19(17,18)6-4-13-7(15-12)14-5-6/h4-5H,2-3,12H2,1H3,(H,13,14,15). The normalized spacial score (nSPS) is 12.7. The third-order valence-corrected chi connectivity index (χ3v) is 3.99. The Morgan fingerprint density at radius 2 is 1.89 bits per heavy atom. The predicted molar refractivity (Wildman–Crippen MR) is 60.3 cm³/mol. The third-order valence-electron chi connectivity index (χ3n) is 2.18. The van der Waals surface area contributed by atoms with Gasteiger partial charge in [0.05, 0.1) is 18.8 Å². The van der Waals surface area contributed by atoms with Gasteiger partial charge < -0.3 is 0 Å². The summed E-state index contributed by atoms with van der Waals surface area (Å²) < 4.78 is 60.5. The number of anilines is 1. The summed E-state index contributed by atoms with van der Waals surface area (Å²) in [4.78, 5) is 6.85. The van der Waals surface area contributed by atoms with Crippen molar-refractivity contribution in [3.05, 3.63) is 12.4 Å². The summed E-state index contributed by atoms with van der Waals surface area (Å²) in [7, 11) is -2.99. The highest BCUT2D eigenvalue weighted by atomic mass is 32.2. The van der Waals surface area contributed by atoms with Crippen molar-refractivity contribution in [2.45, 2.75) is 17.5 Å². The molecular weight excluding hydrogens is 287 g/mol. The van der Waals surface area contributed by atoms with E-state index in [2.05, 4.69) is 15.4 Å². The molecule has 11 heteroatoms. The van der Waals surface area contributed by atoms with Crippen molar-refractivity contribution in [2.75, 3.05) is 19.0 Å². The molecule has 0 aliphatic heterocycles. The van der Waals surface area contributed by atoms with E-state index in [4.69, 9.17) is 5.84 Å². The number of nitrogens with zero attached hydrogens (tertiary/aromatic N) is 3. The van der Waals surface area contributed by atoms with Crippen LogP contribution in [0.2, 0.25) is 0 Å². The Bertz CT molecular complexity index is 516. The molecule has 0 spiro atoms. The molecule has 0 bridgehead atoms. The molecule has 0 aromatic carbocycles. The minimum atomic E-state index is -4.42. The van der Waals surface area contributed by atoms with Crippen molar-refractivity contribution >= 4 is 16.0 Å². The number of nitrogens with two attached hydrogens (primary N) is 1. The molecule has 19 heavy (non-hydrogen) atoms. The zero-order chi connectivity index (χ0) is 14.7. The summed E-state index contributed by atoms with van der Waals surface area (Å²) in [5.74, 6) is 5.00. The van der Waals surface area contributed by atoms with Gasteiger partial charge in [0.25, 0.3) is 0 Å². The zero-order valence-corrected chi connectivity index (χ0v) is 10.7. The van der Waals surface area contributed by atoms with E-state index in [1.807, 2.05) is 0 Å². The number of nitrogens with one attached hydrogen (secondary N) is 1. The summed E-state index contributed by atoms with van der Waals surface area (Å²) in [5.41, 5.74) is 2.10. The number of rotatable bonds is 5. The average molecular weight is 299 g/mol. The van der Waals surface area contributed by atoms with E-state index < -0.39 is 29.2 Å². The Labute approximate surface area is 107 Å². The molecule has 1 aromatic rings. The highest BCUT2D eigenvalue weighted by Crippen LogP contribution is 2.21. The smallest absolute Gasteiger partial charge is 0.292 e. The first-order chi connectivity index (χ1) is 8.66. The van der Waals surface area contributed by atoms with Crippen LogP contribution in [-0.4, -0.2) is 42.5 Å². The summed E-state index contributed by atoms with van der Waals surface area (Å²) >= 11 is 0. The van der Waals surface area contributed by atoms with Gasteiger partial charge in [0.1, 0.15) is 4.90 Å². The largest absolute Gasteiger partial charge is 0.390 e. The second-order valence-electron chi connectivity index (χ2n) is 3.58. The van der Waals surface area contributed by atoms with Crippen LogP contribution in [0, 0.1) is 0 Å². The lowest BCUT2D eigenvalue weighted by atomic mass is 10.4. The summed E-state index contributed by atoms with van der Waals surface area (Å²) in [6.07, 6.45) is -3.73. The number of sulfonamides is 1. The lowest BCUT2D eigenvalue weighted by Crippen LogP contribution is -2.31. The molecule has 7 nitrogen and oxygen atoms in total. The lowest BCUT2D eigenvalue weighted by Gasteiger charge is -2.17. The molecule has 0 aliphatic rings. The van der Waals surface area contributed by atoms with Crippen LogP contribution in [0.4, 0.5) is 19.1 Å². The zero-order valence-electron chi connectivity index (χ0n) is 9.85. The van der Waals surface area contributed by atoms with E-state index >= 15 is 0 Å². The number of halogens is 3. The fraction of sp³-hybridized carbons (Fsp3) is 0.500. The molecule has 0 amide bonds. The van der Waals surface area contributed by atoms with Crippen LogP contribution in [0.25, 0.3) is 0 Å². The Morgan fingerprint density at radius 3 is 2.32 bits per heavy atom. The van der Waals surface area contributed by atoms with Crippen LogP contribution in [0.15, 0.2) is 17.3 Å². The lowest BCUT2D eigenvalue weighted by molar-refractivity contribution is -0.135. The highest BCUT2D eigenvalue weighted by Gasteiger charge is 2.30. The molecule has 0 fully saturated rings. The molecule has 0 saturated carbocycles. The van der Waals surface area contributed by atoms with Crippen molar-refractivity contribution in [3.8, 4) is 0 Å². The summed E-state index contributed by atoms with van der Waals surface area (Å²) in [5, 5.41) is 0. The van der Waals surface area contributed by atoms with Gasteiger partial charge in [0, 0.05) is 13.6 Å². The molecule has 1 rings (SSSR count). The SMILES string of the molecule is CN(CCC(F)(F)F)S(=O)(=O)c1cnc(NN)nc1. The van der Waals surface area contributed by atoms with Crippen LogP contribution in [0.3, 0.4) is 0 Å². The van der Waals surface area contributed by atoms with E-state index in [-0.39, 0.29) is 10.8 Å². The van der Waals surface area contributed by atoms with Crippen molar-refractivity contribution in [3.63, 3.8) is 0 Å². The molecule has 108 valence electrons. The first-order valence-electron chi connectivity index (χ1n) is 4.98. The maximum atomic E-state index is 12.0. The molecule has 1 heterocycles. The molecule has 0 unspecified atom stereocenters. The molecule has 1 aromatic heterocycles. The molecule has 0 aliphatic carbocycles. The maximum absolute atomic E-state index is 12.0. The van der Waals surface area contributed by atoms with E-state index in [0.29, 0.717) is 4.31 Å². The van der Waals surface area contributed by atoms with Gasteiger partial charge in [-0.3, -0.25) is 5.43 Å². The minimum absolute atomic E-state index is 0.00288. The summed E-state index contributed by atoms with van der Waals surface area (Å²) in [6.45, 7) is -0.678. The average Bonchev–Trinajstić information content (AvgIpc) is 2.35. The van der Waals surface area contributed by atoms with Gasteiger partial charge in [0.15, 0.2) is 0 Å². The summed E-state index contributed by atoms with van der Waals surface area (Å²) in [6, 6.07) is 0. The first kappa shape index (κ1) is 15.6. The fourth-order valence-electron chi connectivity index (χ4n) is 1.11.